The first-order valence-electron chi connectivity index (χ1n) is 12.2. The third kappa shape index (κ3) is 4.84. The molecule has 3 N–H and O–H groups in total. The highest BCUT2D eigenvalue weighted by atomic mass is 32.2. The summed E-state index contributed by atoms with van der Waals surface area (Å²) in [7, 11) is -3.85. The van der Waals surface area contributed by atoms with E-state index >= 15 is 0 Å². The molecule has 2 aromatic carbocycles. The number of nitrogens with two attached hydrogens (primary N) is 1. The Morgan fingerprint density at radius 1 is 1.30 bits per heavy atom. The predicted octanol–water partition coefficient (Wildman–Crippen LogP) is 3.12. The van der Waals surface area contributed by atoms with Crippen LogP contribution in [0, 0.1) is 22.6 Å². The molecular formula is C26H28FN5O4S. The van der Waals surface area contributed by atoms with E-state index in [-0.39, 0.29) is 35.1 Å². The van der Waals surface area contributed by atoms with Crippen molar-refractivity contribution < 1.29 is 17.5 Å². The van der Waals surface area contributed by atoms with Crippen molar-refractivity contribution in [2.24, 2.45) is 10.6 Å². The molecule has 9 nitrogen and oxygen atoms in total. The topological polar surface area (TPSA) is 140 Å². The quantitative estimate of drug-likeness (QED) is 0.504. The molecule has 1 atom stereocenters. The Labute approximate surface area is 214 Å². The van der Waals surface area contributed by atoms with E-state index in [1.54, 1.807) is 23.0 Å². The molecule has 11 heteroatoms. The number of aromatic nitrogens is 2. The number of fused-ring (bicyclic) bond motifs is 1. The van der Waals surface area contributed by atoms with Crippen LogP contribution in [-0.4, -0.2) is 36.3 Å². The van der Waals surface area contributed by atoms with Gasteiger partial charge in [0.05, 0.1) is 22.5 Å². The van der Waals surface area contributed by atoms with E-state index in [0.29, 0.717) is 21.9 Å². The highest BCUT2D eigenvalue weighted by molar-refractivity contribution is 7.89. The van der Waals surface area contributed by atoms with Gasteiger partial charge in [-0.15, -0.1) is 0 Å². The molecule has 5 rings (SSSR count). The number of sulfonamides is 1. The van der Waals surface area contributed by atoms with E-state index in [4.69, 9.17) is 9.88 Å². The Kier molecular flexibility index (Phi) is 6.52. The zero-order valence-electron chi connectivity index (χ0n) is 20.4. The van der Waals surface area contributed by atoms with Crippen LogP contribution in [0.5, 0.6) is 11.5 Å². The van der Waals surface area contributed by atoms with E-state index in [1.165, 1.54) is 19.1 Å². The number of primary sulfonamides is 1. The lowest BCUT2D eigenvalue weighted by atomic mass is 9.60. The molecule has 2 fully saturated rings. The average Bonchev–Trinajstić information content (AvgIpc) is 2.85. The summed E-state index contributed by atoms with van der Waals surface area (Å²) in [5.74, 6) is -0.953. The van der Waals surface area contributed by atoms with E-state index in [0.717, 1.165) is 44.8 Å². The van der Waals surface area contributed by atoms with E-state index in [2.05, 4.69) is 10.3 Å². The summed E-state index contributed by atoms with van der Waals surface area (Å²) in [6, 6.07) is 9.13. The summed E-state index contributed by atoms with van der Waals surface area (Å²) in [6.07, 6.45) is 5.62. The monoisotopic (exact) mass is 525 g/mol. The Bertz CT molecular complexity index is 1570. The van der Waals surface area contributed by atoms with Gasteiger partial charge in [0, 0.05) is 6.04 Å². The number of halogens is 1. The lowest BCUT2D eigenvalue weighted by Crippen LogP contribution is -2.47. The van der Waals surface area contributed by atoms with Crippen LogP contribution in [0.2, 0.25) is 0 Å². The van der Waals surface area contributed by atoms with Gasteiger partial charge in [0.15, 0.2) is 11.6 Å². The van der Waals surface area contributed by atoms with Gasteiger partial charge in [0.2, 0.25) is 10.0 Å². The fraction of sp³-hybridized carbons (Fsp3) is 0.423. The van der Waals surface area contributed by atoms with Crippen LogP contribution in [-0.2, 0) is 16.4 Å². The zero-order chi connectivity index (χ0) is 26.4. The maximum atomic E-state index is 14.8. The summed E-state index contributed by atoms with van der Waals surface area (Å²) in [5.41, 5.74) is 0.761. The third-order valence-corrected chi connectivity index (χ3v) is 9.03. The van der Waals surface area contributed by atoms with Crippen molar-refractivity contribution in [2.45, 2.75) is 50.3 Å². The second-order valence-electron chi connectivity index (χ2n) is 10.2. The number of nitriles is 1. The van der Waals surface area contributed by atoms with Crippen LogP contribution in [0.1, 0.15) is 49.8 Å². The van der Waals surface area contributed by atoms with Gasteiger partial charge in [-0.05, 0) is 87.4 Å². The van der Waals surface area contributed by atoms with Gasteiger partial charge < -0.3 is 10.1 Å². The van der Waals surface area contributed by atoms with Crippen molar-refractivity contribution in [1.29, 1.82) is 5.26 Å². The number of hydrogen-bond donors (Lipinski definition) is 2. The van der Waals surface area contributed by atoms with Crippen molar-refractivity contribution >= 4 is 20.9 Å². The van der Waals surface area contributed by atoms with Crippen molar-refractivity contribution in [3.63, 3.8) is 0 Å². The number of nitrogens with zero attached hydrogens (tertiary/aromatic N) is 3. The molecule has 1 aliphatic heterocycles. The van der Waals surface area contributed by atoms with Crippen LogP contribution in [0.4, 0.5) is 4.39 Å². The summed E-state index contributed by atoms with van der Waals surface area (Å²) >= 11 is 0. The lowest BCUT2D eigenvalue weighted by molar-refractivity contribution is 0.0270. The summed E-state index contributed by atoms with van der Waals surface area (Å²) < 4.78 is 45.6. The van der Waals surface area contributed by atoms with Crippen molar-refractivity contribution in [3.8, 4) is 17.6 Å². The minimum atomic E-state index is -3.85. The van der Waals surface area contributed by atoms with Crippen molar-refractivity contribution in [3.05, 3.63) is 64.0 Å². The molecular weight excluding hydrogens is 497 g/mol. The number of nitrogens with one attached hydrogen (secondary N) is 1. The third-order valence-electron chi connectivity index (χ3n) is 7.74. The molecule has 0 radical (unpaired) electrons. The van der Waals surface area contributed by atoms with Gasteiger partial charge in [-0.3, -0.25) is 9.36 Å². The highest BCUT2D eigenvalue weighted by Crippen LogP contribution is 2.53. The fourth-order valence-corrected chi connectivity index (χ4v) is 5.89. The van der Waals surface area contributed by atoms with E-state index in [9.17, 15) is 22.9 Å². The Balaban J connectivity index is 1.45. The molecule has 0 amide bonds. The minimum Gasteiger partial charge on any atom is -0.453 e. The Morgan fingerprint density at radius 3 is 2.70 bits per heavy atom. The molecule has 0 bridgehead atoms. The zero-order valence-corrected chi connectivity index (χ0v) is 21.2. The van der Waals surface area contributed by atoms with Crippen molar-refractivity contribution in [1.82, 2.24) is 14.9 Å². The Morgan fingerprint density at radius 2 is 2.03 bits per heavy atom. The van der Waals surface area contributed by atoms with Gasteiger partial charge in [-0.25, -0.2) is 22.9 Å². The first-order valence-corrected chi connectivity index (χ1v) is 13.8. The van der Waals surface area contributed by atoms with E-state index in [1.807, 2.05) is 6.07 Å². The lowest BCUT2D eigenvalue weighted by Gasteiger charge is -2.50. The van der Waals surface area contributed by atoms with Crippen molar-refractivity contribution in [2.75, 3.05) is 13.1 Å². The fourth-order valence-electron chi connectivity index (χ4n) is 5.47. The molecule has 37 heavy (non-hydrogen) atoms. The highest BCUT2D eigenvalue weighted by Gasteiger charge is 2.45. The normalized spacial score (nSPS) is 18.3. The summed E-state index contributed by atoms with van der Waals surface area (Å²) in [4.78, 5) is 17.8. The van der Waals surface area contributed by atoms with Crippen LogP contribution < -0.4 is 20.8 Å². The molecule has 2 heterocycles. The molecule has 1 aromatic heterocycles. The largest absolute Gasteiger partial charge is 0.453 e. The van der Waals surface area contributed by atoms with Gasteiger partial charge in [-0.2, -0.15) is 5.26 Å². The average molecular weight is 526 g/mol. The number of rotatable bonds is 6. The standard InChI is InChI=1S/C26H28FN5O4S/c1-16(37(29,34)35)10-17-2-4-22(27)24(21(17)14-28)36-19-3-5-23-20(11-19)25(33)32(15-31-23)18-12-26(13-18)6-8-30-9-7-26/h2-5,11,15-16,18,30H,6-10,12-13H2,1H3,(H2,29,34,35). The number of piperidine rings is 1. The molecule has 1 saturated carbocycles. The molecule has 1 saturated heterocycles. The Hall–Kier alpha value is -3.33. The molecule has 1 spiro atoms. The van der Waals surface area contributed by atoms with E-state index < -0.39 is 21.1 Å². The number of hydrogen-bond acceptors (Lipinski definition) is 7. The first-order chi connectivity index (χ1) is 17.6. The molecule has 2 aliphatic rings. The van der Waals surface area contributed by atoms with Crippen LogP contribution in [0.3, 0.4) is 0 Å². The second-order valence-corrected chi connectivity index (χ2v) is 12.2. The number of ether oxygens (including phenoxy) is 1. The molecule has 3 aromatic rings. The summed E-state index contributed by atoms with van der Waals surface area (Å²) in [5, 5.41) is 17.7. The maximum absolute atomic E-state index is 14.8. The predicted molar refractivity (Wildman–Crippen MR) is 136 cm³/mol. The van der Waals surface area contributed by atoms with Gasteiger partial charge in [-0.1, -0.05) is 6.07 Å². The van der Waals surface area contributed by atoms with Gasteiger partial charge in [0.1, 0.15) is 17.4 Å². The molecule has 1 unspecified atom stereocenters. The summed E-state index contributed by atoms with van der Waals surface area (Å²) in [6.45, 7) is 3.42. The SMILES string of the molecule is CC(Cc1ccc(F)c(Oc2ccc3ncn(C4CC5(CCNCC5)C4)c(=O)c3c2)c1C#N)S(N)(=O)=O. The van der Waals surface area contributed by atoms with Crippen LogP contribution >= 0.6 is 0 Å². The van der Waals surface area contributed by atoms with Gasteiger partial charge in [0.25, 0.3) is 5.56 Å². The van der Waals surface area contributed by atoms with Crippen LogP contribution in [0.15, 0.2) is 41.5 Å². The molecule has 1 aliphatic carbocycles. The van der Waals surface area contributed by atoms with Gasteiger partial charge >= 0.3 is 0 Å². The second kappa shape index (κ2) is 9.52. The number of benzene rings is 2. The molecule has 194 valence electrons. The smallest absolute Gasteiger partial charge is 0.261 e. The first kappa shape index (κ1) is 25.3. The minimum absolute atomic E-state index is 0.0797. The maximum Gasteiger partial charge on any atom is 0.261 e. The van der Waals surface area contributed by atoms with Crippen LogP contribution in [0.25, 0.3) is 10.9 Å².